The molecule has 2 aliphatic rings. The number of para-hydroxylation sites is 1. The van der Waals surface area contributed by atoms with Crippen LogP contribution in [0.15, 0.2) is 60.9 Å². The van der Waals surface area contributed by atoms with Crippen LogP contribution < -0.4 is 20.1 Å². The van der Waals surface area contributed by atoms with Crippen LogP contribution in [-0.4, -0.2) is 45.8 Å². The minimum absolute atomic E-state index is 0.0722. The molecule has 9 heteroatoms. The number of nitrogens with one attached hydrogen (secondary N) is 2. The van der Waals surface area contributed by atoms with Crippen molar-refractivity contribution in [2.75, 3.05) is 18.5 Å². The zero-order valence-electron chi connectivity index (χ0n) is 20.3. The molecular formula is C28H27N5O4. The number of ether oxygens (including phenoxy) is 2. The first-order chi connectivity index (χ1) is 18.1. The van der Waals surface area contributed by atoms with Crippen molar-refractivity contribution in [2.24, 2.45) is 0 Å². The van der Waals surface area contributed by atoms with E-state index in [1.807, 2.05) is 42.5 Å². The number of carbonyl (C=O) groups is 2. The van der Waals surface area contributed by atoms with Gasteiger partial charge in [-0.1, -0.05) is 31.0 Å². The van der Waals surface area contributed by atoms with Gasteiger partial charge in [0.05, 0.1) is 28.7 Å². The van der Waals surface area contributed by atoms with E-state index in [2.05, 4.69) is 15.7 Å². The highest BCUT2D eigenvalue weighted by Crippen LogP contribution is 2.35. The molecule has 2 amide bonds. The fourth-order valence-electron chi connectivity index (χ4n) is 4.92. The molecule has 4 aromatic rings. The van der Waals surface area contributed by atoms with Gasteiger partial charge in [0.15, 0.2) is 11.5 Å². The number of hydrogen-bond acceptors (Lipinski definition) is 6. The maximum Gasteiger partial charge on any atom is 0.256 e. The average Bonchev–Trinajstić information content (AvgIpc) is 3.59. The summed E-state index contributed by atoms with van der Waals surface area (Å²) in [7, 11) is 0. The monoisotopic (exact) mass is 497 g/mol. The molecule has 0 radical (unpaired) electrons. The van der Waals surface area contributed by atoms with Gasteiger partial charge in [0, 0.05) is 23.2 Å². The second-order valence-electron chi connectivity index (χ2n) is 9.36. The smallest absolute Gasteiger partial charge is 0.256 e. The van der Waals surface area contributed by atoms with Crippen LogP contribution in [0.3, 0.4) is 0 Å². The molecule has 1 fully saturated rings. The summed E-state index contributed by atoms with van der Waals surface area (Å²) < 4.78 is 12.9. The van der Waals surface area contributed by atoms with Crippen molar-refractivity contribution in [3.8, 4) is 22.8 Å². The molecule has 6 rings (SSSR count). The molecule has 2 aromatic carbocycles. The highest BCUT2D eigenvalue weighted by atomic mass is 16.6. The van der Waals surface area contributed by atoms with Crippen LogP contribution in [0.5, 0.6) is 11.5 Å². The largest absolute Gasteiger partial charge is 0.486 e. The van der Waals surface area contributed by atoms with Crippen molar-refractivity contribution in [1.29, 1.82) is 0 Å². The summed E-state index contributed by atoms with van der Waals surface area (Å²) in [5.41, 5.74) is 3.19. The molecule has 9 nitrogen and oxygen atoms in total. The van der Waals surface area contributed by atoms with Crippen LogP contribution in [0.1, 0.15) is 36.0 Å². The maximum absolute atomic E-state index is 13.4. The highest BCUT2D eigenvalue weighted by molar-refractivity contribution is 6.13. The second-order valence-corrected chi connectivity index (χ2v) is 9.36. The lowest BCUT2D eigenvalue weighted by molar-refractivity contribution is -0.122. The summed E-state index contributed by atoms with van der Waals surface area (Å²) in [6, 6.07) is 15.2. The van der Waals surface area contributed by atoms with E-state index in [4.69, 9.17) is 14.5 Å². The first-order valence-electron chi connectivity index (χ1n) is 12.6. The van der Waals surface area contributed by atoms with Crippen LogP contribution >= 0.6 is 0 Å². The van der Waals surface area contributed by atoms with Gasteiger partial charge in [0.25, 0.3) is 5.91 Å². The third-order valence-corrected chi connectivity index (χ3v) is 6.72. The van der Waals surface area contributed by atoms with Gasteiger partial charge in [-0.05, 0) is 43.2 Å². The van der Waals surface area contributed by atoms with E-state index < -0.39 is 0 Å². The van der Waals surface area contributed by atoms with Crippen molar-refractivity contribution in [2.45, 2.75) is 38.3 Å². The van der Waals surface area contributed by atoms with E-state index in [0.717, 1.165) is 36.6 Å². The van der Waals surface area contributed by atoms with Crippen LogP contribution in [0.4, 0.5) is 5.69 Å². The van der Waals surface area contributed by atoms with E-state index in [9.17, 15) is 9.59 Å². The molecule has 1 saturated carbocycles. The number of fused-ring (bicyclic) bond motifs is 2. The molecule has 0 spiro atoms. The molecule has 0 unspecified atom stereocenters. The molecule has 188 valence electrons. The molecule has 2 N–H and O–H groups in total. The molecule has 37 heavy (non-hydrogen) atoms. The van der Waals surface area contributed by atoms with Crippen LogP contribution in [0.2, 0.25) is 0 Å². The van der Waals surface area contributed by atoms with Gasteiger partial charge in [-0.2, -0.15) is 5.10 Å². The van der Waals surface area contributed by atoms with E-state index in [1.165, 1.54) is 4.68 Å². The van der Waals surface area contributed by atoms with Gasteiger partial charge in [0.1, 0.15) is 19.8 Å². The summed E-state index contributed by atoms with van der Waals surface area (Å²) in [6.07, 6.45) is 7.58. The number of anilines is 1. The zero-order chi connectivity index (χ0) is 25.2. The fourth-order valence-corrected chi connectivity index (χ4v) is 4.92. The van der Waals surface area contributed by atoms with Crippen molar-refractivity contribution in [1.82, 2.24) is 20.1 Å². The van der Waals surface area contributed by atoms with Crippen LogP contribution in [-0.2, 0) is 11.3 Å². The quantitative estimate of drug-likeness (QED) is 0.414. The average molecular weight is 498 g/mol. The predicted molar refractivity (Wildman–Crippen MR) is 139 cm³/mol. The zero-order valence-corrected chi connectivity index (χ0v) is 20.3. The number of pyridine rings is 1. The summed E-state index contributed by atoms with van der Waals surface area (Å²) >= 11 is 0. The van der Waals surface area contributed by atoms with Crippen LogP contribution in [0.25, 0.3) is 22.2 Å². The van der Waals surface area contributed by atoms with E-state index >= 15 is 0 Å². The molecule has 1 aliphatic carbocycles. The first-order valence-corrected chi connectivity index (χ1v) is 12.6. The van der Waals surface area contributed by atoms with Gasteiger partial charge < -0.3 is 20.1 Å². The number of carbonyl (C=O) groups excluding carboxylic acids is 2. The minimum Gasteiger partial charge on any atom is -0.486 e. The third kappa shape index (κ3) is 4.97. The lowest BCUT2D eigenvalue weighted by Gasteiger charge is -2.19. The Morgan fingerprint density at radius 1 is 1.00 bits per heavy atom. The molecule has 1 aliphatic heterocycles. The van der Waals surface area contributed by atoms with Crippen molar-refractivity contribution in [3.05, 3.63) is 66.5 Å². The lowest BCUT2D eigenvalue weighted by atomic mass is 10.0. The summed E-state index contributed by atoms with van der Waals surface area (Å²) in [5, 5.41) is 11.0. The number of nitrogens with zero attached hydrogens (tertiary/aromatic N) is 3. The molecular weight excluding hydrogens is 470 g/mol. The number of benzene rings is 2. The SMILES string of the molecule is O=C(Cn1cc(NC(=O)c2cc(-c3ccc4c(c3)OCCO4)nc3ccccc23)cn1)NC1CCCC1. The molecule has 3 heterocycles. The Labute approximate surface area is 213 Å². The first kappa shape index (κ1) is 23.0. The second kappa shape index (κ2) is 9.93. The molecule has 0 bridgehead atoms. The van der Waals surface area contributed by atoms with Crippen LogP contribution in [0, 0.1) is 0 Å². The van der Waals surface area contributed by atoms with Gasteiger partial charge >= 0.3 is 0 Å². The Morgan fingerprint density at radius 3 is 2.68 bits per heavy atom. The fraction of sp³-hybridized carbons (Fsp3) is 0.286. The number of aromatic nitrogens is 3. The number of amides is 2. The third-order valence-electron chi connectivity index (χ3n) is 6.72. The number of hydrogen-bond donors (Lipinski definition) is 2. The van der Waals surface area contributed by atoms with Gasteiger partial charge in [-0.25, -0.2) is 4.98 Å². The predicted octanol–water partition coefficient (Wildman–Crippen LogP) is 4.18. The molecule has 0 saturated heterocycles. The topological polar surface area (TPSA) is 107 Å². The van der Waals surface area contributed by atoms with Crippen molar-refractivity contribution < 1.29 is 19.1 Å². The Hall–Kier alpha value is -4.40. The van der Waals surface area contributed by atoms with E-state index in [-0.39, 0.29) is 24.4 Å². The highest BCUT2D eigenvalue weighted by Gasteiger charge is 2.19. The lowest BCUT2D eigenvalue weighted by Crippen LogP contribution is -2.35. The maximum atomic E-state index is 13.4. The minimum atomic E-state index is -0.285. The Bertz CT molecular complexity index is 1470. The number of rotatable bonds is 6. The van der Waals surface area contributed by atoms with E-state index in [0.29, 0.717) is 47.2 Å². The summed E-state index contributed by atoms with van der Waals surface area (Å²) in [6.45, 7) is 1.12. The Morgan fingerprint density at radius 2 is 1.81 bits per heavy atom. The standard InChI is InChI=1S/C28H27N5O4/c34-27(30-19-5-1-2-6-19)17-33-16-20(15-29-33)31-28(35)22-14-24(32-23-8-4-3-7-21(22)23)18-9-10-25-26(13-18)37-12-11-36-25/h3-4,7-10,13-16,19H,1-2,5-6,11-12,17H2,(H,30,34)(H,31,35). The van der Waals surface area contributed by atoms with Gasteiger partial charge in [-0.3, -0.25) is 14.3 Å². The van der Waals surface area contributed by atoms with Gasteiger partial charge in [-0.15, -0.1) is 0 Å². The van der Waals surface area contributed by atoms with Gasteiger partial charge in [0.2, 0.25) is 5.91 Å². The van der Waals surface area contributed by atoms with Crippen molar-refractivity contribution >= 4 is 28.4 Å². The summed E-state index contributed by atoms with van der Waals surface area (Å²) in [4.78, 5) is 30.5. The van der Waals surface area contributed by atoms with E-state index in [1.54, 1.807) is 18.5 Å². The Kier molecular flexibility index (Phi) is 6.18. The normalized spacial score (nSPS) is 15.0. The molecule has 2 aromatic heterocycles. The van der Waals surface area contributed by atoms with Crippen molar-refractivity contribution in [3.63, 3.8) is 0 Å². The molecule has 0 atom stereocenters. The Balaban J connectivity index is 1.23. The summed E-state index contributed by atoms with van der Waals surface area (Å²) in [5.74, 6) is 1.00.